The van der Waals surface area contributed by atoms with E-state index in [1.54, 1.807) is 41.7 Å². The van der Waals surface area contributed by atoms with Crippen LogP contribution in [-0.4, -0.2) is 16.7 Å². The molecule has 0 bridgehead atoms. The molecule has 3 aromatic heterocycles. The van der Waals surface area contributed by atoms with E-state index in [-0.39, 0.29) is 11.7 Å². The van der Waals surface area contributed by atoms with Gasteiger partial charge in [0.1, 0.15) is 9.71 Å². The molecular formula is C30H31N3O2S2. The van der Waals surface area contributed by atoms with E-state index in [1.807, 2.05) is 23.6 Å². The van der Waals surface area contributed by atoms with Crippen molar-refractivity contribution in [2.75, 3.05) is 11.1 Å². The van der Waals surface area contributed by atoms with Gasteiger partial charge in [-0.3, -0.25) is 9.59 Å². The number of thiophene rings is 2. The summed E-state index contributed by atoms with van der Waals surface area (Å²) in [7, 11) is 0. The Hall–Kier alpha value is -3.29. The van der Waals surface area contributed by atoms with E-state index in [0.29, 0.717) is 33.1 Å². The first kappa shape index (κ1) is 25.4. The second kappa shape index (κ2) is 10.2. The van der Waals surface area contributed by atoms with Crippen molar-refractivity contribution >= 4 is 62.0 Å². The van der Waals surface area contributed by atoms with Crippen LogP contribution in [0.1, 0.15) is 69.8 Å². The highest BCUT2D eigenvalue weighted by atomic mass is 32.1. The molecule has 5 nitrogen and oxygen atoms in total. The van der Waals surface area contributed by atoms with E-state index in [4.69, 9.17) is 10.7 Å². The van der Waals surface area contributed by atoms with Gasteiger partial charge in [0.05, 0.1) is 5.69 Å². The second-order valence-electron chi connectivity index (χ2n) is 10.3. The number of carbonyl (C=O) groups excluding carboxylic acids is 2. The topological polar surface area (TPSA) is 85.1 Å². The van der Waals surface area contributed by atoms with E-state index in [1.165, 1.54) is 16.9 Å². The summed E-state index contributed by atoms with van der Waals surface area (Å²) in [5.41, 5.74) is 10.8. The third-order valence-corrected chi connectivity index (χ3v) is 9.63. The summed E-state index contributed by atoms with van der Waals surface area (Å²) in [5.74, 6) is 0.271. The van der Waals surface area contributed by atoms with Gasteiger partial charge in [-0.2, -0.15) is 0 Å². The summed E-state index contributed by atoms with van der Waals surface area (Å²) in [6.07, 6.45) is 7.63. The van der Waals surface area contributed by atoms with Crippen LogP contribution >= 0.6 is 22.7 Å². The van der Waals surface area contributed by atoms with Crippen LogP contribution in [0, 0.1) is 11.3 Å². The molecule has 0 spiro atoms. The summed E-state index contributed by atoms with van der Waals surface area (Å²) < 4.78 is 0. The predicted molar refractivity (Wildman–Crippen MR) is 156 cm³/mol. The van der Waals surface area contributed by atoms with Gasteiger partial charge in [-0.25, -0.2) is 4.98 Å². The zero-order chi connectivity index (χ0) is 26.2. The number of allylic oxidation sites excluding steroid dienone is 1. The molecule has 190 valence electrons. The van der Waals surface area contributed by atoms with E-state index >= 15 is 0 Å². The van der Waals surface area contributed by atoms with Gasteiger partial charge in [-0.05, 0) is 90.1 Å². The molecule has 1 unspecified atom stereocenters. The largest absolute Gasteiger partial charge is 0.397 e. The SMILES string of the molecule is CCC(C)(C)C1CCc2nc3sc(C(=O)Nc4ccc(C(=O)/C=C/c5cccs5)cc4)c(N)c3cc2C1. The third kappa shape index (κ3) is 5.24. The molecule has 0 saturated carbocycles. The minimum atomic E-state index is -0.264. The number of nitrogen functional groups attached to an aromatic ring is 1. The van der Waals surface area contributed by atoms with Gasteiger partial charge in [0.2, 0.25) is 0 Å². The summed E-state index contributed by atoms with van der Waals surface area (Å²) in [4.78, 5) is 32.8. The van der Waals surface area contributed by atoms with Crippen LogP contribution in [0.3, 0.4) is 0 Å². The van der Waals surface area contributed by atoms with E-state index < -0.39 is 0 Å². The molecular weight excluding hydrogens is 498 g/mol. The highest BCUT2D eigenvalue weighted by Crippen LogP contribution is 2.42. The van der Waals surface area contributed by atoms with Gasteiger partial charge in [-0.1, -0.05) is 33.3 Å². The first-order valence-corrected chi connectivity index (χ1v) is 14.3. The molecule has 3 heterocycles. The first-order chi connectivity index (χ1) is 17.7. The molecule has 0 radical (unpaired) electrons. The molecule has 1 amide bonds. The number of anilines is 2. The minimum absolute atomic E-state index is 0.0837. The molecule has 3 N–H and O–H groups in total. The van der Waals surface area contributed by atoms with Crippen LogP contribution in [0.5, 0.6) is 0 Å². The highest BCUT2D eigenvalue weighted by molar-refractivity contribution is 7.21. The van der Waals surface area contributed by atoms with Crippen LogP contribution in [-0.2, 0) is 12.8 Å². The lowest BCUT2D eigenvalue weighted by Crippen LogP contribution is -2.29. The van der Waals surface area contributed by atoms with Crippen molar-refractivity contribution < 1.29 is 9.59 Å². The first-order valence-electron chi connectivity index (χ1n) is 12.6. The normalized spacial score (nSPS) is 15.7. The number of aryl methyl sites for hydroxylation is 1. The van der Waals surface area contributed by atoms with Gasteiger partial charge < -0.3 is 11.1 Å². The Labute approximate surface area is 225 Å². The average Bonchev–Trinajstić information content (AvgIpc) is 3.54. The van der Waals surface area contributed by atoms with Crippen molar-refractivity contribution in [2.24, 2.45) is 11.3 Å². The standard InChI is InChI=1S/C30H31N3O2S2/c1-4-30(2,3)20-9-13-24-19(16-20)17-23-26(31)27(37-29(23)33-24)28(35)32-21-10-7-18(8-11-21)25(34)14-12-22-6-5-15-36-22/h5-8,10-12,14-15,17,20H,4,9,13,16,31H2,1-3H3,(H,32,35)/b14-12+. The van der Waals surface area contributed by atoms with Crippen molar-refractivity contribution in [3.63, 3.8) is 0 Å². The zero-order valence-corrected chi connectivity index (χ0v) is 23.0. The number of nitrogens with zero attached hydrogens (tertiary/aromatic N) is 1. The Balaban J connectivity index is 1.31. The number of nitrogens with one attached hydrogen (secondary N) is 1. The van der Waals surface area contributed by atoms with Gasteiger partial charge >= 0.3 is 0 Å². The third-order valence-electron chi connectivity index (χ3n) is 7.68. The number of nitrogens with two attached hydrogens (primary N) is 1. The predicted octanol–water partition coefficient (Wildman–Crippen LogP) is 7.63. The van der Waals surface area contributed by atoms with Crippen molar-refractivity contribution in [3.05, 3.63) is 80.5 Å². The lowest BCUT2D eigenvalue weighted by molar-refractivity contribution is 0.102. The van der Waals surface area contributed by atoms with Crippen molar-refractivity contribution in [3.8, 4) is 0 Å². The van der Waals surface area contributed by atoms with E-state index in [9.17, 15) is 9.59 Å². The molecule has 0 aliphatic heterocycles. The smallest absolute Gasteiger partial charge is 0.267 e. The van der Waals surface area contributed by atoms with Gasteiger partial charge in [0.25, 0.3) is 5.91 Å². The molecule has 0 fully saturated rings. The number of carbonyl (C=O) groups is 2. The van der Waals surface area contributed by atoms with Crippen molar-refractivity contribution in [2.45, 2.75) is 46.5 Å². The lowest BCUT2D eigenvalue weighted by atomic mass is 9.69. The molecule has 1 aliphatic rings. The quantitative estimate of drug-likeness (QED) is 0.190. The van der Waals surface area contributed by atoms with Crippen LogP contribution in [0.4, 0.5) is 11.4 Å². The molecule has 37 heavy (non-hydrogen) atoms. The summed E-state index contributed by atoms with van der Waals surface area (Å²) in [6, 6.07) is 13.0. The van der Waals surface area contributed by atoms with Gasteiger partial charge in [0, 0.05) is 27.2 Å². The molecule has 1 atom stereocenters. The van der Waals surface area contributed by atoms with Crippen molar-refractivity contribution in [1.29, 1.82) is 0 Å². The van der Waals surface area contributed by atoms with Crippen LogP contribution in [0.2, 0.25) is 0 Å². The molecule has 1 aromatic carbocycles. The number of ketones is 1. The molecule has 4 aromatic rings. The monoisotopic (exact) mass is 529 g/mol. The lowest BCUT2D eigenvalue weighted by Gasteiger charge is -2.36. The maximum atomic E-state index is 13.1. The summed E-state index contributed by atoms with van der Waals surface area (Å²) in [5, 5.41) is 5.75. The van der Waals surface area contributed by atoms with E-state index in [2.05, 4.69) is 32.2 Å². The number of fused-ring (bicyclic) bond motifs is 2. The molecule has 1 aliphatic carbocycles. The number of hydrogen-bond acceptors (Lipinski definition) is 6. The Bertz CT molecular complexity index is 1480. The van der Waals surface area contributed by atoms with E-state index in [0.717, 1.165) is 46.5 Å². The average molecular weight is 530 g/mol. The van der Waals surface area contributed by atoms with Crippen LogP contribution < -0.4 is 11.1 Å². The number of aromatic nitrogens is 1. The molecule has 7 heteroatoms. The number of hydrogen-bond donors (Lipinski definition) is 2. The Morgan fingerprint density at radius 2 is 2.00 bits per heavy atom. The summed E-state index contributed by atoms with van der Waals surface area (Å²) >= 11 is 2.92. The highest BCUT2D eigenvalue weighted by Gasteiger charge is 2.32. The van der Waals surface area contributed by atoms with Gasteiger partial charge in [0.15, 0.2) is 5.78 Å². The number of benzene rings is 1. The number of rotatable bonds is 7. The molecule has 0 saturated heterocycles. The zero-order valence-electron chi connectivity index (χ0n) is 21.3. The summed E-state index contributed by atoms with van der Waals surface area (Å²) in [6.45, 7) is 6.95. The van der Waals surface area contributed by atoms with Gasteiger partial charge in [-0.15, -0.1) is 22.7 Å². The maximum Gasteiger partial charge on any atom is 0.267 e. The fourth-order valence-electron chi connectivity index (χ4n) is 4.86. The maximum absolute atomic E-state index is 13.1. The Morgan fingerprint density at radius 1 is 1.22 bits per heavy atom. The number of amides is 1. The molecule has 5 rings (SSSR count). The minimum Gasteiger partial charge on any atom is -0.397 e. The number of pyridine rings is 1. The fourth-order valence-corrected chi connectivity index (χ4v) is 6.47. The Kier molecular flexibility index (Phi) is 7.01. The van der Waals surface area contributed by atoms with Crippen LogP contribution in [0.25, 0.3) is 16.3 Å². The fraction of sp³-hybridized carbons (Fsp3) is 0.300. The van der Waals surface area contributed by atoms with Crippen LogP contribution in [0.15, 0.2) is 53.9 Å². The Morgan fingerprint density at radius 3 is 2.70 bits per heavy atom. The van der Waals surface area contributed by atoms with Crippen molar-refractivity contribution in [1.82, 2.24) is 4.98 Å². The second-order valence-corrected chi connectivity index (χ2v) is 12.3.